The Hall–Kier alpha value is -0.930. The second-order valence-electron chi connectivity index (χ2n) is 4.06. The third-order valence-corrected chi connectivity index (χ3v) is 3.19. The Morgan fingerprint density at radius 3 is 3.00 bits per heavy atom. The van der Waals surface area contributed by atoms with Gasteiger partial charge < -0.3 is 15.0 Å². The quantitative estimate of drug-likeness (QED) is 0.857. The van der Waals surface area contributed by atoms with Gasteiger partial charge in [-0.05, 0) is 25.1 Å². The molecule has 1 unspecified atom stereocenters. The smallest absolute Gasteiger partial charge is 0.142 e. The molecule has 1 fully saturated rings. The maximum absolute atomic E-state index is 6.04. The lowest BCUT2D eigenvalue weighted by atomic mass is 10.1. The third-order valence-electron chi connectivity index (χ3n) is 2.95. The van der Waals surface area contributed by atoms with Crippen molar-refractivity contribution in [3.05, 3.63) is 23.2 Å². The van der Waals surface area contributed by atoms with Gasteiger partial charge in [0.1, 0.15) is 5.75 Å². The molecule has 1 atom stereocenters. The van der Waals surface area contributed by atoms with Gasteiger partial charge in [0.2, 0.25) is 0 Å². The first-order valence-corrected chi connectivity index (χ1v) is 5.91. The van der Waals surface area contributed by atoms with Crippen molar-refractivity contribution in [3.8, 4) is 5.75 Å². The summed E-state index contributed by atoms with van der Waals surface area (Å²) in [5.74, 6) is 0.887. The van der Waals surface area contributed by atoms with E-state index < -0.39 is 0 Å². The van der Waals surface area contributed by atoms with Gasteiger partial charge in [0.15, 0.2) is 0 Å². The fourth-order valence-corrected chi connectivity index (χ4v) is 2.25. The Labute approximate surface area is 101 Å². The molecule has 1 aliphatic heterocycles. The summed E-state index contributed by atoms with van der Waals surface area (Å²) in [5.41, 5.74) is 1.09. The van der Waals surface area contributed by atoms with Crippen molar-refractivity contribution in [1.29, 1.82) is 0 Å². The van der Waals surface area contributed by atoms with Gasteiger partial charge in [0.25, 0.3) is 0 Å². The number of halogens is 1. The number of anilines is 1. The molecule has 88 valence electrons. The molecular weight excluding hydrogens is 224 g/mol. The summed E-state index contributed by atoms with van der Waals surface area (Å²) in [5, 5.41) is 4.12. The number of nitrogens with one attached hydrogen (secondary N) is 1. The SMILES string of the molecule is COc1ccc(Cl)cc1N1CCNCC1C. The third kappa shape index (κ3) is 2.25. The van der Waals surface area contributed by atoms with E-state index in [2.05, 4.69) is 17.1 Å². The molecule has 0 saturated carbocycles. The van der Waals surface area contributed by atoms with Crippen LogP contribution >= 0.6 is 11.6 Å². The van der Waals surface area contributed by atoms with Crippen LogP contribution in [0.15, 0.2) is 18.2 Å². The van der Waals surface area contributed by atoms with Crippen LogP contribution in [0.2, 0.25) is 5.02 Å². The van der Waals surface area contributed by atoms with Gasteiger partial charge in [-0.2, -0.15) is 0 Å². The molecule has 0 aromatic heterocycles. The van der Waals surface area contributed by atoms with Crippen molar-refractivity contribution in [2.24, 2.45) is 0 Å². The van der Waals surface area contributed by atoms with E-state index in [4.69, 9.17) is 16.3 Å². The van der Waals surface area contributed by atoms with Crippen molar-refractivity contribution in [2.75, 3.05) is 31.6 Å². The molecule has 4 heteroatoms. The topological polar surface area (TPSA) is 24.5 Å². The minimum Gasteiger partial charge on any atom is -0.495 e. The summed E-state index contributed by atoms with van der Waals surface area (Å²) < 4.78 is 5.38. The number of hydrogen-bond donors (Lipinski definition) is 1. The van der Waals surface area contributed by atoms with Crippen LogP contribution in [0, 0.1) is 0 Å². The summed E-state index contributed by atoms with van der Waals surface area (Å²) in [6.45, 7) is 5.18. The van der Waals surface area contributed by atoms with Crippen molar-refractivity contribution >= 4 is 17.3 Å². The van der Waals surface area contributed by atoms with E-state index in [1.165, 1.54) is 0 Å². The van der Waals surface area contributed by atoms with Gasteiger partial charge >= 0.3 is 0 Å². The monoisotopic (exact) mass is 240 g/mol. The maximum atomic E-state index is 6.04. The van der Waals surface area contributed by atoms with Gasteiger partial charge in [-0.25, -0.2) is 0 Å². The highest BCUT2D eigenvalue weighted by Gasteiger charge is 2.21. The summed E-state index contributed by atoms with van der Waals surface area (Å²) in [4.78, 5) is 2.33. The van der Waals surface area contributed by atoms with E-state index in [1.807, 2.05) is 18.2 Å². The highest BCUT2D eigenvalue weighted by Crippen LogP contribution is 2.32. The minimum atomic E-state index is 0.459. The van der Waals surface area contributed by atoms with Gasteiger partial charge in [-0.3, -0.25) is 0 Å². The van der Waals surface area contributed by atoms with Gasteiger partial charge in [0.05, 0.1) is 12.8 Å². The standard InChI is InChI=1S/C12H17ClN2O/c1-9-8-14-5-6-15(9)11-7-10(13)3-4-12(11)16-2/h3-4,7,9,14H,5-6,8H2,1-2H3. The molecule has 1 aromatic carbocycles. The molecule has 16 heavy (non-hydrogen) atoms. The second kappa shape index (κ2) is 4.93. The van der Waals surface area contributed by atoms with Gasteiger partial charge in [0, 0.05) is 30.7 Å². The Morgan fingerprint density at radius 1 is 1.50 bits per heavy atom. The second-order valence-corrected chi connectivity index (χ2v) is 4.50. The predicted molar refractivity (Wildman–Crippen MR) is 67.7 cm³/mol. The number of nitrogens with zero attached hydrogens (tertiary/aromatic N) is 1. The molecule has 0 spiro atoms. The lowest BCUT2D eigenvalue weighted by molar-refractivity contribution is 0.409. The summed E-state index contributed by atoms with van der Waals surface area (Å²) in [7, 11) is 1.69. The molecule has 1 N–H and O–H groups in total. The molecule has 0 amide bonds. The first-order chi connectivity index (χ1) is 7.72. The van der Waals surface area contributed by atoms with Gasteiger partial charge in [-0.15, -0.1) is 0 Å². The average Bonchev–Trinajstić information content (AvgIpc) is 2.29. The zero-order chi connectivity index (χ0) is 11.5. The fourth-order valence-electron chi connectivity index (χ4n) is 2.09. The van der Waals surface area contributed by atoms with Crippen LogP contribution < -0.4 is 15.0 Å². The minimum absolute atomic E-state index is 0.459. The highest BCUT2D eigenvalue weighted by molar-refractivity contribution is 6.30. The number of hydrogen-bond acceptors (Lipinski definition) is 3. The molecule has 1 heterocycles. The van der Waals surface area contributed by atoms with Crippen LogP contribution in [-0.4, -0.2) is 32.8 Å². The zero-order valence-electron chi connectivity index (χ0n) is 9.66. The van der Waals surface area contributed by atoms with Crippen molar-refractivity contribution in [1.82, 2.24) is 5.32 Å². The van der Waals surface area contributed by atoms with Gasteiger partial charge in [-0.1, -0.05) is 11.6 Å². The number of ether oxygens (including phenoxy) is 1. The Kier molecular flexibility index (Phi) is 3.56. The van der Waals surface area contributed by atoms with E-state index in [0.717, 1.165) is 36.1 Å². The van der Waals surface area contributed by atoms with Crippen LogP contribution in [0.1, 0.15) is 6.92 Å². The number of benzene rings is 1. The number of piperazine rings is 1. The Morgan fingerprint density at radius 2 is 2.31 bits per heavy atom. The van der Waals surface area contributed by atoms with E-state index in [9.17, 15) is 0 Å². The maximum Gasteiger partial charge on any atom is 0.142 e. The summed E-state index contributed by atoms with van der Waals surface area (Å²) in [6, 6.07) is 6.21. The van der Waals surface area contributed by atoms with E-state index in [1.54, 1.807) is 7.11 Å². The van der Waals surface area contributed by atoms with Crippen LogP contribution in [0.4, 0.5) is 5.69 Å². The van der Waals surface area contributed by atoms with Crippen molar-refractivity contribution in [2.45, 2.75) is 13.0 Å². The number of methoxy groups -OCH3 is 1. The molecule has 3 nitrogen and oxygen atoms in total. The average molecular weight is 241 g/mol. The lowest BCUT2D eigenvalue weighted by Crippen LogP contribution is -2.50. The van der Waals surface area contributed by atoms with Crippen LogP contribution in [-0.2, 0) is 0 Å². The van der Waals surface area contributed by atoms with E-state index >= 15 is 0 Å². The molecule has 1 aromatic rings. The zero-order valence-corrected chi connectivity index (χ0v) is 10.4. The highest BCUT2D eigenvalue weighted by atomic mass is 35.5. The van der Waals surface area contributed by atoms with E-state index in [0.29, 0.717) is 6.04 Å². The van der Waals surface area contributed by atoms with Crippen LogP contribution in [0.5, 0.6) is 5.75 Å². The molecule has 2 rings (SSSR count). The normalized spacial score (nSPS) is 20.9. The molecule has 0 radical (unpaired) electrons. The van der Waals surface area contributed by atoms with Crippen molar-refractivity contribution < 1.29 is 4.74 Å². The largest absolute Gasteiger partial charge is 0.495 e. The molecule has 1 aliphatic rings. The molecule has 1 saturated heterocycles. The number of rotatable bonds is 2. The first-order valence-electron chi connectivity index (χ1n) is 5.53. The summed E-state index contributed by atoms with van der Waals surface area (Å²) >= 11 is 6.04. The van der Waals surface area contributed by atoms with Crippen LogP contribution in [0.25, 0.3) is 0 Å². The summed E-state index contributed by atoms with van der Waals surface area (Å²) in [6.07, 6.45) is 0. The fraction of sp³-hybridized carbons (Fsp3) is 0.500. The molecule has 0 bridgehead atoms. The predicted octanol–water partition coefficient (Wildman–Crippen LogP) is 2.15. The Bertz CT molecular complexity index is 370. The molecular formula is C12H17ClN2O. The molecule has 0 aliphatic carbocycles. The first kappa shape index (κ1) is 11.6. The van der Waals surface area contributed by atoms with E-state index in [-0.39, 0.29) is 0 Å². The lowest BCUT2D eigenvalue weighted by Gasteiger charge is -2.36. The van der Waals surface area contributed by atoms with Crippen LogP contribution in [0.3, 0.4) is 0 Å². The van der Waals surface area contributed by atoms with Crippen molar-refractivity contribution in [3.63, 3.8) is 0 Å². The Balaban J connectivity index is 2.33.